The lowest BCUT2D eigenvalue weighted by Crippen LogP contribution is -2.44. The van der Waals surface area contributed by atoms with Crippen LogP contribution in [0.2, 0.25) is 0 Å². The molecule has 0 bridgehead atoms. The van der Waals surface area contributed by atoms with Gasteiger partial charge in [0.05, 0.1) is 0 Å². The van der Waals surface area contributed by atoms with Gasteiger partial charge in [0, 0.05) is 12.6 Å². The minimum Gasteiger partial charge on any atom is -0.317 e. The van der Waals surface area contributed by atoms with E-state index < -0.39 is 0 Å². The van der Waals surface area contributed by atoms with Crippen molar-refractivity contribution in [3.63, 3.8) is 0 Å². The van der Waals surface area contributed by atoms with Crippen LogP contribution in [0.5, 0.6) is 0 Å². The van der Waals surface area contributed by atoms with Crippen LogP contribution in [0.4, 0.5) is 0 Å². The van der Waals surface area contributed by atoms with Crippen molar-refractivity contribution >= 4 is 0 Å². The lowest BCUT2D eigenvalue weighted by Gasteiger charge is -2.37. The predicted octanol–water partition coefficient (Wildman–Crippen LogP) is 2.25. The quantitative estimate of drug-likeness (QED) is 0.768. The van der Waals surface area contributed by atoms with Gasteiger partial charge in [-0.2, -0.15) is 0 Å². The molecule has 15 heavy (non-hydrogen) atoms. The highest BCUT2D eigenvalue weighted by molar-refractivity contribution is 4.86. The second kappa shape index (κ2) is 4.84. The summed E-state index contributed by atoms with van der Waals surface area (Å²) in [5.41, 5.74) is 0.645. The van der Waals surface area contributed by atoms with Gasteiger partial charge in [-0.15, -0.1) is 0 Å². The van der Waals surface area contributed by atoms with E-state index in [-0.39, 0.29) is 0 Å². The molecule has 1 aliphatic heterocycles. The molecule has 88 valence electrons. The Balaban J connectivity index is 1.76. The van der Waals surface area contributed by atoms with Crippen LogP contribution in [0, 0.1) is 5.41 Å². The molecular weight excluding hydrogens is 184 g/mol. The molecular formula is C13H26N2. The molecule has 0 atom stereocenters. The maximum Gasteiger partial charge on any atom is 0.00884 e. The summed E-state index contributed by atoms with van der Waals surface area (Å²) in [5.74, 6) is 0. The summed E-state index contributed by atoms with van der Waals surface area (Å²) in [5, 5.41) is 3.40. The molecule has 0 aromatic carbocycles. The Labute approximate surface area is 94.4 Å². The van der Waals surface area contributed by atoms with Gasteiger partial charge < -0.3 is 10.2 Å². The van der Waals surface area contributed by atoms with Crippen LogP contribution < -0.4 is 5.32 Å². The average molecular weight is 210 g/mol. The summed E-state index contributed by atoms with van der Waals surface area (Å²) in [6.07, 6.45) is 8.52. The maximum absolute atomic E-state index is 3.40. The first kappa shape index (κ1) is 11.4. The van der Waals surface area contributed by atoms with E-state index in [2.05, 4.69) is 24.2 Å². The standard InChI is InChI=1S/C13H26N2/c1-13(7-3-4-8-13)11-15-9-5-12(14-2)6-10-15/h12,14H,3-11H2,1-2H3. The van der Waals surface area contributed by atoms with E-state index in [0.717, 1.165) is 6.04 Å². The number of nitrogens with one attached hydrogen (secondary N) is 1. The van der Waals surface area contributed by atoms with Gasteiger partial charge in [-0.05, 0) is 51.2 Å². The Morgan fingerprint density at radius 1 is 1.20 bits per heavy atom. The van der Waals surface area contributed by atoms with E-state index in [1.165, 1.54) is 58.2 Å². The van der Waals surface area contributed by atoms with E-state index in [0.29, 0.717) is 5.41 Å². The fourth-order valence-corrected chi connectivity index (χ4v) is 3.31. The van der Waals surface area contributed by atoms with Crippen molar-refractivity contribution in [1.82, 2.24) is 10.2 Å². The molecule has 0 aromatic rings. The largest absolute Gasteiger partial charge is 0.317 e. The second-order valence-corrected chi connectivity index (χ2v) is 5.86. The van der Waals surface area contributed by atoms with Crippen LogP contribution in [-0.4, -0.2) is 37.6 Å². The molecule has 1 heterocycles. The number of hydrogen-bond acceptors (Lipinski definition) is 2. The highest BCUT2D eigenvalue weighted by Crippen LogP contribution is 2.38. The Bertz CT molecular complexity index is 189. The van der Waals surface area contributed by atoms with Gasteiger partial charge in [0.15, 0.2) is 0 Å². The molecule has 0 amide bonds. The third kappa shape index (κ3) is 2.94. The Morgan fingerprint density at radius 2 is 1.80 bits per heavy atom. The number of likely N-dealkylation sites (tertiary alicyclic amines) is 1. The van der Waals surface area contributed by atoms with Crippen molar-refractivity contribution in [1.29, 1.82) is 0 Å². The monoisotopic (exact) mass is 210 g/mol. The molecule has 2 heteroatoms. The topological polar surface area (TPSA) is 15.3 Å². The molecule has 0 aromatic heterocycles. The number of piperidine rings is 1. The van der Waals surface area contributed by atoms with Crippen molar-refractivity contribution in [2.24, 2.45) is 5.41 Å². The summed E-state index contributed by atoms with van der Waals surface area (Å²) in [7, 11) is 2.10. The minimum absolute atomic E-state index is 0.645. The molecule has 2 rings (SSSR count). The molecule has 1 aliphatic carbocycles. The third-order valence-corrected chi connectivity index (χ3v) is 4.41. The molecule has 0 radical (unpaired) electrons. The Morgan fingerprint density at radius 3 is 2.33 bits per heavy atom. The minimum atomic E-state index is 0.645. The molecule has 1 N–H and O–H groups in total. The first-order chi connectivity index (χ1) is 7.22. The first-order valence-corrected chi connectivity index (χ1v) is 6.61. The van der Waals surface area contributed by atoms with Crippen molar-refractivity contribution in [3.8, 4) is 0 Å². The summed E-state index contributed by atoms with van der Waals surface area (Å²) in [6.45, 7) is 6.45. The van der Waals surface area contributed by atoms with Crippen LogP contribution in [0.1, 0.15) is 45.4 Å². The van der Waals surface area contributed by atoms with E-state index in [9.17, 15) is 0 Å². The first-order valence-electron chi connectivity index (χ1n) is 6.61. The van der Waals surface area contributed by atoms with Crippen LogP contribution in [0.15, 0.2) is 0 Å². The fourth-order valence-electron chi connectivity index (χ4n) is 3.31. The van der Waals surface area contributed by atoms with E-state index >= 15 is 0 Å². The molecule has 2 nitrogen and oxygen atoms in total. The van der Waals surface area contributed by atoms with Gasteiger partial charge in [0.25, 0.3) is 0 Å². The highest BCUT2D eigenvalue weighted by Gasteiger charge is 2.31. The average Bonchev–Trinajstić information content (AvgIpc) is 2.66. The lowest BCUT2D eigenvalue weighted by atomic mass is 9.87. The van der Waals surface area contributed by atoms with Crippen LogP contribution in [0.3, 0.4) is 0 Å². The predicted molar refractivity (Wildman–Crippen MR) is 65.1 cm³/mol. The van der Waals surface area contributed by atoms with Gasteiger partial charge in [-0.1, -0.05) is 19.8 Å². The van der Waals surface area contributed by atoms with Crippen molar-refractivity contribution < 1.29 is 0 Å². The summed E-state index contributed by atoms with van der Waals surface area (Å²) in [6, 6.07) is 0.776. The zero-order valence-corrected chi connectivity index (χ0v) is 10.4. The van der Waals surface area contributed by atoms with Crippen LogP contribution >= 0.6 is 0 Å². The normalized spacial score (nSPS) is 28.4. The SMILES string of the molecule is CNC1CCN(CC2(C)CCCC2)CC1. The lowest BCUT2D eigenvalue weighted by molar-refractivity contribution is 0.132. The third-order valence-electron chi connectivity index (χ3n) is 4.41. The van der Waals surface area contributed by atoms with E-state index in [1.54, 1.807) is 0 Å². The maximum atomic E-state index is 3.40. The van der Waals surface area contributed by atoms with Crippen molar-refractivity contribution in [2.75, 3.05) is 26.7 Å². The second-order valence-electron chi connectivity index (χ2n) is 5.86. The summed E-state index contributed by atoms with van der Waals surface area (Å²) >= 11 is 0. The Hall–Kier alpha value is -0.0800. The van der Waals surface area contributed by atoms with Crippen molar-refractivity contribution in [2.45, 2.75) is 51.5 Å². The van der Waals surface area contributed by atoms with Gasteiger partial charge in [-0.25, -0.2) is 0 Å². The highest BCUT2D eigenvalue weighted by atomic mass is 15.1. The molecule has 1 saturated carbocycles. The van der Waals surface area contributed by atoms with Crippen molar-refractivity contribution in [3.05, 3.63) is 0 Å². The molecule has 2 aliphatic rings. The van der Waals surface area contributed by atoms with Gasteiger partial charge >= 0.3 is 0 Å². The number of hydrogen-bond donors (Lipinski definition) is 1. The van der Waals surface area contributed by atoms with E-state index in [4.69, 9.17) is 0 Å². The van der Waals surface area contributed by atoms with Gasteiger partial charge in [0.2, 0.25) is 0 Å². The molecule has 1 saturated heterocycles. The zero-order valence-electron chi connectivity index (χ0n) is 10.4. The fraction of sp³-hybridized carbons (Fsp3) is 1.00. The number of rotatable bonds is 3. The van der Waals surface area contributed by atoms with Crippen LogP contribution in [-0.2, 0) is 0 Å². The molecule has 0 unspecified atom stereocenters. The molecule has 0 spiro atoms. The summed E-state index contributed by atoms with van der Waals surface area (Å²) < 4.78 is 0. The van der Waals surface area contributed by atoms with E-state index in [1.807, 2.05) is 0 Å². The smallest absolute Gasteiger partial charge is 0.00884 e. The van der Waals surface area contributed by atoms with Gasteiger partial charge in [-0.3, -0.25) is 0 Å². The molecule has 2 fully saturated rings. The Kier molecular flexibility index (Phi) is 3.68. The van der Waals surface area contributed by atoms with Crippen LogP contribution in [0.25, 0.3) is 0 Å². The van der Waals surface area contributed by atoms with Gasteiger partial charge in [0.1, 0.15) is 0 Å². The summed E-state index contributed by atoms with van der Waals surface area (Å²) in [4.78, 5) is 2.69. The zero-order chi connectivity index (χ0) is 10.7. The number of nitrogens with zero attached hydrogens (tertiary/aromatic N) is 1.